The lowest BCUT2D eigenvalue weighted by molar-refractivity contribution is -0.123. The zero-order chi connectivity index (χ0) is 16.1. The first-order chi connectivity index (χ1) is 10.5. The van der Waals surface area contributed by atoms with Gasteiger partial charge in [0.15, 0.2) is 6.10 Å². The van der Waals surface area contributed by atoms with Crippen molar-refractivity contribution in [3.63, 3.8) is 0 Å². The van der Waals surface area contributed by atoms with Gasteiger partial charge in [-0.2, -0.15) is 0 Å². The normalized spacial score (nSPS) is 11.5. The number of rotatable bonds is 4. The zero-order valence-corrected chi connectivity index (χ0v) is 12.5. The van der Waals surface area contributed by atoms with Gasteiger partial charge in [-0.1, -0.05) is 11.6 Å². The summed E-state index contributed by atoms with van der Waals surface area (Å²) in [6.45, 7) is 1.48. The maximum Gasteiger partial charge on any atom is 0.338 e. The molecule has 2 aromatic carbocycles. The minimum Gasteiger partial charge on any atom is -0.508 e. The number of esters is 1. The van der Waals surface area contributed by atoms with Crippen molar-refractivity contribution in [2.75, 3.05) is 5.32 Å². The van der Waals surface area contributed by atoms with E-state index >= 15 is 0 Å². The number of hydrogen-bond acceptors (Lipinski definition) is 4. The maximum atomic E-state index is 12.0. The number of nitrogens with one attached hydrogen (secondary N) is 1. The Kier molecular flexibility index (Phi) is 5.01. The summed E-state index contributed by atoms with van der Waals surface area (Å²) in [6.07, 6.45) is -0.961. The fourth-order valence-electron chi connectivity index (χ4n) is 1.66. The van der Waals surface area contributed by atoms with E-state index in [1.54, 1.807) is 24.3 Å². The largest absolute Gasteiger partial charge is 0.508 e. The molecule has 0 bridgehead atoms. The Morgan fingerprint density at radius 1 is 1.09 bits per heavy atom. The predicted octanol–water partition coefficient (Wildman–Crippen LogP) is 3.23. The number of amides is 1. The molecule has 1 amide bonds. The Labute approximate surface area is 132 Å². The SMILES string of the molecule is CC(OC(=O)c1ccc(O)cc1)C(=O)Nc1ccc(Cl)cc1. The summed E-state index contributed by atoms with van der Waals surface area (Å²) < 4.78 is 5.08. The summed E-state index contributed by atoms with van der Waals surface area (Å²) in [4.78, 5) is 23.8. The van der Waals surface area contributed by atoms with Crippen molar-refractivity contribution < 1.29 is 19.4 Å². The van der Waals surface area contributed by atoms with E-state index in [9.17, 15) is 9.59 Å². The molecule has 2 N–H and O–H groups in total. The molecule has 2 rings (SSSR count). The van der Waals surface area contributed by atoms with Crippen molar-refractivity contribution in [1.82, 2.24) is 0 Å². The number of phenols is 1. The lowest BCUT2D eigenvalue weighted by Crippen LogP contribution is -2.29. The Balaban J connectivity index is 1.94. The molecule has 0 saturated heterocycles. The monoisotopic (exact) mass is 319 g/mol. The Hall–Kier alpha value is -2.53. The van der Waals surface area contributed by atoms with E-state index in [2.05, 4.69) is 5.32 Å². The molecule has 6 heteroatoms. The van der Waals surface area contributed by atoms with Crippen LogP contribution in [0.3, 0.4) is 0 Å². The molecule has 0 aliphatic rings. The predicted molar refractivity (Wildman–Crippen MR) is 83.1 cm³/mol. The molecule has 0 heterocycles. The topological polar surface area (TPSA) is 75.6 Å². The van der Waals surface area contributed by atoms with Gasteiger partial charge in [-0.05, 0) is 55.5 Å². The molecule has 0 spiro atoms. The number of anilines is 1. The van der Waals surface area contributed by atoms with Gasteiger partial charge >= 0.3 is 5.97 Å². The molecule has 0 aliphatic carbocycles. The highest BCUT2D eigenvalue weighted by molar-refractivity contribution is 6.30. The van der Waals surface area contributed by atoms with E-state index < -0.39 is 18.0 Å². The van der Waals surface area contributed by atoms with E-state index in [1.165, 1.54) is 31.2 Å². The van der Waals surface area contributed by atoms with E-state index in [4.69, 9.17) is 21.4 Å². The minimum atomic E-state index is -0.961. The number of aromatic hydroxyl groups is 1. The van der Waals surface area contributed by atoms with Crippen LogP contribution < -0.4 is 5.32 Å². The molecule has 0 aromatic heterocycles. The van der Waals surface area contributed by atoms with Crippen LogP contribution in [0.25, 0.3) is 0 Å². The number of carbonyl (C=O) groups is 2. The van der Waals surface area contributed by atoms with Gasteiger partial charge in [0.1, 0.15) is 5.75 Å². The van der Waals surface area contributed by atoms with Crippen molar-refractivity contribution in [3.8, 4) is 5.75 Å². The van der Waals surface area contributed by atoms with Crippen LogP contribution in [0.2, 0.25) is 5.02 Å². The standard InChI is InChI=1S/C16H14ClNO4/c1-10(15(20)18-13-6-4-12(17)5-7-13)22-16(21)11-2-8-14(19)9-3-11/h2-10,19H,1H3,(H,18,20). The Bertz CT molecular complexity index is 668. The van der Waals surface area contributed by atoms with Crippen LogP contribution in [-0.2, 0) is 9.53 Å². The average Bonchev–Trinajstić information content (AvgIpc) is 2.50. The molecule has 22 heavy (non-hydrogen) atoms. The molecule has 1 atom stereocenters. The van der Waals surface area contributed by atoms with Crippen molar-refractivity contribution in [2.45, 2.75) is 13.0 Å². The second-order valence-electron chi connectivity index (χ2n) is 4.59. The first-order valence-electron chi connectivity index (χ1n) is 6.52. The van der Waals surface area contributed by atoms with Gasteiger partial charge in [-0.25, -0.2) is 4.79 Å². The van der Waals surface area contributed by atoms with E-state index in [0.29, 0.717) is 10.7 Å². The van der Waals surface area contributed by atoms with E-state index in [0.717, 1.165) is 0 Å². The number of carbonyl (C=O) groups excluding carboxylic acids is 2. The third-order valence-corrected chi connectivity index (χ3v) is 3.12. The quantitative estimate of drug-likeness (QED) is 0.848. The second-order valence-corrected chi connectivity index (χ2v) is 5.03. The molecule has 114 valence electrons. The maximum absolute atomic E-state index is 12.0. The van der Waals surface area contributed by atoms with Gasteiger partial charge in [0, 0.05) is 10.7 Å². The molecule has 5 nitrogen and oxygen atoms in total. The summed E-state index contributed by atoms with van der Waals surface area (Å²) >= 11 is 5.76. The van der Waals surface area contributed by atoms with Gasteiger partial charge < -0.3 is 15.2 Å². The third-order valence-electron chi connectivity index (χ3n) is 2.87. The lowest BCUT2D eigenvalue weighted by Gasteiger charge is -2.13. The lowest BCUT2D eigenvalue weighted by atomic mass is 10.2. The number of hydrogen-bond donors (Lipinski definition) is 2. The number of benzene rings is 2. The smallest absolute Gasteiger partial charge is 0.338 e. The van der Waals surface area contributed by atoms with E-state index in [1.807, 2.05) is 0 Å². The summed E-state index contributed by atoms with van der Waals surface area (Å²) in [5.41, 5.74) is 0.811. The van der Waals surface area contributed by atoms with Gasteiger partial charge in [-0.15, -0.1) is 0 Å². The van der Waals surface area contributed by atoms with Crippen molar-refractivity contribution >= 4 is 29.2 Å². The molecule has 0 fully saturated rings. The highest BCUT2D eigenvalue weighted by Crippen LogP contribution is 2.15. The van der Waals surface area contributed by atoms with Gasteiger partial charge in [0.25, 0.3) is 5.91 Å². The van der Waals surface area contributed by atoms with Crippen molar-refractivity contribution in [2.24, 2.45) is 0 Å². The first-order valence-corrected chi connectivity index (χ1v) is 6.90. The molecule has 0 radical (unpaired) electrons. The summed E-state index contributed by atoms with van der Waals surface area (Å²) in [5.74, 6) is -1.04. The molecule has 0 aliphatic heterocycles. The Morgan fingerprint density at radius 3 is 2.27 bits per heavy atom. The fraction of sp³-hybridized carbons (Fsp3) is 0.125. The van der Waals surface area contributed by atoms with Gasteiger partial charge in [0.2, 0.25) is 0 Å². The average molecular weight is 320 g/mol. The van der Waals surface area contributed by atoms with Gasteiger partial charge in [-0.3, -0.25) is 4.79 Å². The van der Waals surface area contributed by atoms with Crippen LogP contribution in [0.4, 0.5) is 5.69 Å². The molecule has 0 saturated carbocycles. The second kappa shape index (κ2) is 6.95. The number of ether oxygens (including phenoxy) is 1. The minimum absolute atomic E-state index is 0.0464. The van der Waals surface area contributed by atoms with Crippen LogP contribution >= 0.6 is 11.6 Å². The van der Waals surface area contributed by atoms with Crippen molar-refractivity contribution in [3.05, 3.63) is 59.1 Å². The summed E-state index contributed by atoms with van der Waals surface area (Å²) in [7, 11) is 0. The number of halogens is 1. The zero-order valence-electron chi connectivity index (χ0n) is 11.7. The van der Waals surface area contributed by atoms with Crippen LogP contribution in [0.1, 0.15) is 17.3 Å². The van der Waals surface area contributed by atoms with Crippen LogP contribution in [0.15, 0.2) is 48.5 Å². The first kappa shape index (κ1) is 15.9. The molecule has 1 unspecified atom stereocenters. The molecular weight excluding hydrogens is 306 g/mol. The third kappa shape index (κ3) is 4.23. The molecule has 2 aromatic rings. The Morgan fingerprint density at radius 2 is 1.68 bits per heavy atom. The number of phenolic OH excluding ortho intramolecular Hbond substituents is 1. The van der Waals surface area contributed by atoms with Crippen LogP contribution in [0.5, 0.6) is 5.75 Å². The summed E-state index contributed by atoms with van der Waals surface area (Å²) in [6, 6.07) is 12.2. The van der Waals surface area contributed by atoms with Crippen LogP contribution in [-0.4, -0.2) is 23.1 Å². The van der Waals surface area contributed by atoms with Crippen molar-refractivity contribution in [1.29, 1.82) is 0 Å². The van der Waals surface area contributed by atoms with E-state index in [-0.39, 0.29) is 11.3 Å². The van der Waals surface area contributed by atoms with Crippen LogP contribution in [0, 0.1) is 0 Å². The molecular formula is C16H14ClNO4. The highest BCUT2D eigenvalue weighted by Gasteiger charge is 2.19. The summed E-state index contributed by atoms with van der Waals surface area (Å²) in [5, 5.41) is 12.3. The highest BCUT2D eigenvalue weighted by atomic mass is 35.5. The van der Waals surface area contributed by atoms with Gasteiger partial charge in [0.05, 0.1) is 5.56 Å². The fourth-order valence-corrected chi connectivity index (χ4v) is 1.78.